The molecule has 0 unspecified atom stereocenters. The van der Waals surface area contributed by atoms with Crippen molar-refractivity contribution in [3.05, 3.63) is 100 Å². The summed E-state index contributed by atoms with van der Waals surface area (Å²) in [6.07, 6.45) is 6.26. The van der Waals surface area contributed by atoms with Crippen LogP contribution in [0.1, 0.15) is 42.4 Å². The number of nitrogens with zero attached hydrogens (tertiary/aromatic N) is 3. The van der Waals surface area contributed by atoms with E-state index in [1.807, 2.05) is 79.8 Å². The summed E-state index contributed by atoms with van der Waals surface area (Å²) in [6, 6.07) is 20.0. The van der Waals surface area contributed by atoms with Crippen LogP contribution in [0.4, 0.5) is 10.1 Å². The summed E-state index contributed by atoms with van der Waals surface area (Å²) in [7, 11) is 4.10. The Kier molecular flexibility index (Phi) is 10.6. The summed E-state index contributed by atoms with van der Waals surface area (Å²) in [5.74, 6) is 0.305. The third-order valence-electron chi connectivity index (χ3n) is 9.74. The maximum Gasteiger partial charge on any atom is 0.249 e. The summed E-state index contributed by atoms with van der Waals surface area (Å²) in [4.78, 5) is 37.7. The molecular weight excluding hydrogens is 613 g/mol. The van der Waals surface area contributed by atoms with E-state index < -0.39 is 6.04 Å². The summed E-state index contributed by atoms with van der Waals surface area (Å²) in [6.45, 7) is 3.80. The van der Waals surface area contributed by atoms with Gasteiger partial charge in [0.2, 0.25) is 11.8 Å². The summed E-state index contributed by atoms with van der Waals surface area (Å²) < 4.78 is 14.2. The predicted octanol–water partition coefficient (Wildman–Crippen LogP) is 6.45. The zero-order chi connectivity index (χ0) is 32.9. The molecule has 0 bridgehead atoms. The number of hydrogen-bond donors (Lipinski definition) is 2. The van der Waals surface area contributed by atoms with Crippen molar-refractivity contribution >= 4 is 40.0 Å². The molecule has 47 heavy (non-hydrogen) atoms. The molecule has 248 valence electrons. The summed E-state index contributed by atoms with van der Waals surface area (Å²) in [5, 5.41) is 4.88. The molecule has 2 N–H and O–H groups in total. The normalized spacial score (nSPS) is 18.0. The van der Waals surface area contributed by atoms with Crippen LogP contribution >= 0.6 is 11.6 Å². The van der Waals surface area contributed by atoms with E-state index in [-0.39, 0.29) is 23.5 Å². The minimum Gasteiger partial charge on any atom is -0.361 e. The second kappa shape index (κ2) is 15.0. The largest absolute Gasteiger partial charge is 0.361 e. The molecule has 4 aromatic rings. The smallest absolute Gasteiger partial charge is 0.249 e. The standard InChI is InChI=1S/C38H45ClFN5O2/c1-43(2)23-27-19-29-20-31(39)12-13-36(29)45(24-27)38(47)35(21-30-22-41-34-10-6-4-8-32(30)34)42-37(46)14-11-26-15-17-44(18-16-26)25-28-7-3-5-9-33(28)40/h3-10,12-13,20,22,26-27,35,41H,11,14-19,21,23-25H2,1-2H3,(H,42,46)/t27-,35+/m0/s1. The van der Waals surface area contributed by atoms with Gasteiger partial charge in [0, 0.05) is 65.8 Å². The number of rotatable bonds is 11. The highest BCUT2D eigenvalue weighted by atomic mass is 35.5. The Bertz CT molecular complexity index is 1700. The second-order valence-corrected chi connectivity index (χ2v) is 14.0. The third kappa shape index (κ3) is 8.23. The fourth-order valence-corrected chi connectivity index (χ4v) is 7.57. The minimum absolute atomic E-state index is 0.0999. The van der Waals surface area contributed by atoms with Gasteiger partial charge in [0.1, 0.15) is 11.9 Å². The summed E-state index contributed by atoms with van der Waals surface area (Å²) in [5.41, 5.74) is 4.66. The van der Waals surface area contributed by atoms with E-state index in [4.69, 9.17) is 11.6 Å². The SMILES string of the molecule is CN(C)C[C@@H]1Cc2cc(Cl)ccc2N(C(=O)[C@@H](Cc2c[nH]c3ccccc23)NC(=O)CCC2CCN(Cc3ccccc3F)CC2)C1. The highest BCUT2D eigenvalue weighted by molar-refractivity contribution is 6.30. The van der Waals surface area contributed by atoms with Crippen molar-refractivity contribution in [3.63, 3.8) is 0 Å². The van der Waals surface area contributed by atoms with Gasteiger partial charge in [0.25, 0.3) is 0 Å². The number of fused-ring (bicyclic) bond motifs is 2. The molecule has 2 aliphatic rings. The number of carbonyl (C=O) groups excluding carboxylic acids is 2. The van der Waals surface area contributed by atoms with Gasteiger partial charge in [-0.2, -0.15) is 0 Å². The fraction of sp³-hybridized carbons (Fsp3) is 0.421. The Morgan fingerprint density at radius 1 is 1.02 bits per heavy atom. The van der Waals surface area contributed by atoms with Crippen LogP contribution < -0.4 is 10.2 Å². The average Bonchev–Trinajstić information content (AvgIpc) is 3.46. The number of carbonyl (C=O) groups is 2. The lowest BCUT2D eigenvalue weighted by Gasteiger charge is -2.37. The highest BCUT2D eigenvalue weighted by Gasteiger charge is 2.34. The molecule has 0 spiro atoms. The molecule has 7 nitrogen and oxygen atoms in total. The molecule has 6 rings (SSSR count). The van der Waals surface area contributed by atoms with Gasteiger partial charge in [-0.15, -0.1) is 0 Å². The number of para-hydroxylation sites is 1. The van der Waals surface area contributed by atoms with E-state index in [0.717, 1.165) is 78.6 Å². The molecule has 0 radical (unpaired) electrons. The van der Waals surface area contributed by atoms with Gasteiger partial charge in [0.05, 0.1) is 0 Å². The maximum atomic E-state index is 14.5. The number of halogens is 2. The summed E-state index contributed by atoms with van der Waals surface area (Å²) >= 11 is 6.40. The van der Waals surface area contributed by atoms with Gasteiger partial charge in [-0.1, -0.05) is 48.0 Å². The van der Waals surface area contributed by atoms with Crippen LogP contribution in [-0.4, -0.2) is 72.9 Å². The number of aromatic nitrogens is 1. The number of amides is 2. The van der Waals surface area contributed by atoms with E-state index in [9.17, 15) is 14.0 Å². The third-order valence-corrected chi connectivity index (χ3v) is 9.98. The first kappa shape index (κ1) is 33.2. The van der Waals surface area contributed by atoms with Crippen LogP contribution in [0.5, 0.6) is 0 Å². The number of nitrogens with one attached hydrogen (secondary N) is 2. The van der Waals surface area contributed by atoms with Gasteiger partial charge in [-0.25, -0.2) is 4.39 Å². The lowest BCUT2D eigenvalue weighted by Crippen LogP contribution is -2.53. The Hall–Kier alpha value is -3.72. The van der Waals surface area contributed by atoms with Crippen LogP contribution in [-0.2, 0) is 29.0 Å². The maximum absolute atomic E-state index is 14.5. The molecule has 1 aromatic heterocycles. The molecule has 2 atom stereocenters. The highest BCUT2D eigenvalue weighted by Crippen LogP contribution is 2.33. The van der Waals surface area contributed by atoms with E-state index in [2.05, 4.69) is 20.1 Å². The first-order valence-corrected chi connectivity index (χ1v) is 17.2. The van der Waals surface area contributed by atoms with Crippen molar-refractivity contribution in [1.82, 2.24) is 20.1 Å². The molecular formula is C38H45ClFN5O2. The number of anilines is 1. The Labute approximate surface area is 282 Å². The molecule has 1 fully saturated rings. The van der Waals surface area contributed by atoms with Crippen LogP contribution in [0.3, 0.4) is 0 Å². The number of likely N-dealkylation sites (tertiary alicyclic amines) is 1. The molecule has 0 aliphatic carbocycles. The number of piperidine rings is 1. The van der Waals surface area contributed by atoms with Gasteiger partial charge >= 0.3 is 0 Å². The molecule has 3 heterocycles. The van der Waals surface area contributed by atoms with E-state index in [1.165, 1.54) is 6.07 Å². The average molecular weight is 658 g/mol. The number of aromatic amines is 1. The van der Waals surface area contributed by atoms with Crippen LogP contribution in [0.15, 0.2) is 72.9 Å². The fourth-order valence-electron chi connectivity index (χ4n) is 7.37. The molecule has 1 saturated heterocycles. The predicted molar refractivity (Wildman–Crippen MR) is 187 cm³/mol. The Morgan fingerprint density at radius 2 is 1.79 bits per heavy atom. The molecule has 2 amide bonds. The Morgan fingerprint density at radius 3 is 2.57 bits per heavy atom. The quantitative estimate of drug-likeness (QED) is 0.195. The van der Waals surface area contributed by atoms with Crippen molar-refractivity contribution in [2.45, 2.75) is 51.1 Å². The molecule has 3 aromatic carbocycles. The zero-order valence-electron chi connectivity index (χ0n) is 27.4. The van der Waals surface area contributed by atoms with Crippen molar-refractivity contribution < 1.29 is 14.0 Å². The number of benzene rings is 3. The molecule has 0 saturated carbocycles. The number of H-pyrrole nitrogens is 1. The van der Waals surface area contributed by atoms with Crippen LogP contribution in [0.2, 0.25) is 5.02 Å². The first-order chi connectivity index (χ1) is 22.7. The van der Waals surface area contributed by atoms with E-state index in [1.54, 1.807) is 6.07 Å². The van der Waals surface area contributed by atoms with Crippen LogP contribution in [0.25, 0.3) is 10.9 Å². The lowest BCUT2D eigenvalue weighted by molar-refractivity contribution is -0.128. The molecule has 2 aliphatic heterocycles. The topological polar surface area (TPSA) is 71.7 Å². The van der Waals surface area contributed by atoms with Crippen LogP contribution in [0, 0.1) is 17.7 Å². The van der Waals surface area contributed by atoms with Gasteiger partial charge in [0.15, 0.2) is 0 Å². The van der Waals surface area contributed by atoms with Crippen molar-refractivity contribution in [1.29, 1.82) is 0 Å². The van der Waals surface area contributed by atoms with Crippen molar-refractivity contribution in [2.24, 2.45) is 11.8 Å². The monoisotopic (exact) mass is 657 g/mol. The second-order valence-electron chi connectivity index (χ2n) is 13.6. The van der Waals surface area contributed by atoms with Gasteiger partial charge in [-0.3, -0.25) is 14.5 Å². The lowest BCUT2D eigenvalue weighted by atomic mass is 9.90. The van der Waals surface area contributed by atoms with Gasteiger partial charge < -0.3 is 20.1 Å². The first-order valence-electron chi connectivity index (χ1n) is 16.8. The number of hydrogen-bond acceptors (Lipinski definition) is 4. The Balaban J connectivity index is 1.14. The molecule has 9 heteroatoms. The van der Waals surface area contributed by atoms with Gasteiger partial charge in [-0.05, 0) is 106 Å². The van der Waals surface area contributed by atoms with Crippen molar-refractivity contribution in [2.75, 3.05) is 45.2 Å². The van der Waals surface area contributed by atoms with Crippen molar-refractivity contribution in [3.8, 4) is 0 Å². The zero-order valence-corrected chi connectivity index (χ0v) is 28.1. The van der Waals surface area contributed by atoms with E-state index >= 15 is 0 Å². The van der Waals surface area contributed by atoms with E-state index in [0.29, 0.717) is 36.9 Å². The minimum atomic E-state index is -0.717.